The van der Waals surface area contributed by atoms with Crippen LogP contribution in [0.4, 0.5) is 11.8 Å². The molecule has 9 nitrogen and oxygen atoms in total. The van der Waals surface area contributed by atoms with E-state index in [9.17, 15) is 9.59 Å². The summed E-state index contributed by atoms with van der Waals surface area (Å²) in [5.41, 5.74) is 1.13. The lowest BCUT2D eigenvalue weighted by Crippen LogP contribution is -2.50. The number of hydrogen-bond donors (Lipinski definition) is 0. The standard InChI is InChI=1S/C20H27N7O2/c1-15-16(2)22-14-27(19(15)29)13-18(28)25-11-9-24(10-12-25)17-5-6-21-20(23-17)26-7-3-4-8-26/h5-6,14H,3-4,7-13H2,1-2H3. The summed E-state index contributed by atoms with van der Waals surface area (Å²) in [7, 11) is 0. The number of anilines is 2. The van der Waals surface area contributed by atoms with Crippen molar-refractivity contribution >= 4 is 17.7 Å². The highest BCUT2D eigenvalue weighted by atomic mass is 16.2. The van der Waals surface area contributed by atoms with Gasteiger partial charge in [-0.1, -0.05) is 0 Å². The smallest absolute Gasteiger partial charge is 0.256 e. The van der Waals surface area contributed by atoms with Gasteiger partial charge >= 0.3 is 0 Å². The third-order valence-electron chi connectivity index (χ3n) is 5.79. The predicted octanol–water partition coefficient (Wildman–Crippen LogP) is 0.599. The third kappa shape index (κ3) is 4.08. The Bertz CT molecular complexity index is 944. The Morgan fingerprint density at radius 2 is 1.72 bits per heavy atom. The summed E-state index contributed by atoms with van der Waals surface area (Å²) in [5, 5.41) is 0. The summed E-state index contributed by atoms with van der Waals surface area (Å²) in [6.07, 6.45) is 5.65. The highest BCUT2D eigenvalue weighted by Crippen LogP contribution is 2.20. The molecule has 1 amide bonds. The summed E-state index contributed by atoms with van der Waals surface area (Å²) >= 11 is 0. The lowest BCUT2D eigenvalue weighted by Gasteiger charge is -2.35. The molecule has 0 N–H and O–H groups in total. The average Bonchev–Trinajstić information content (AvgIpc) is 3.29. The van der Waals surface area contributed by atoms with Crippen LogP contribution in [0.3, 0.4) is 0 Å². The van der Waals surface area contributed by atoms with Crippen molar-refractivity contribution in [2.24, 2.45) is 0 Å². The molecule has 0 saturated carbocycles. The lowest BCUT2D eigenvalue weighted by atomic mass is 10.2. The number of nitrogens with zero attached hydrogens (tertiary/aromatic N) is 7. The molecule has 0 aromatic carbocycles. The van der Waals surface area contributed by atoms with Crippen molar-refractivity contribution < 1.29 is 4.79 Å². The SMILES string of the molecule is Cc1ncn(CC(=O)N2CCN(c3ccnc(N4CCCC4)n3)CC2)c(=O)c1C. The lowest BCUT2D eigenvalue weighted by molar-refractivity contribution is -0.132. The summed E-state index contributed by atoms with van der Waals surface area (Å²) in [5.74, 6) is 1.64. The van der Waals surface area contributed by atoms with Crippen LogP contribution in [0.1, 0.15) is 24.1 Å². The zero-order valence-corrected chi connectivity index (χ0v) is 17.0. The number of hydrogen-bond acceptors (Lipinski definition) is 7. The fourth-order valence-corrected chi connectivity index (χ4v) is 3.80. The average molecular weight is 397 g/mol. The van der Waals surface area contributed by atoms with Crippen LogP contribution in [0.15, 0.2) is 23.4 Å². The van der Waals surface area contributed by atoms with E-state index in [2.05, 4.69) is 19.8 Å². The van der Waals surface area contributed by atoms with Gasteiger partial charge in [0.2, 0.25) is 11.9 Å². The minimum Gasteiger partial charge on any atom is -0.353 e. The molecule has 4 rings (SSSR count). The molecule has 2 saturated heterocycles. The maximum Gasteiger partial charge on any atom is 0.256 e. The van der Waals surface area contributed by atoms with E-state index in [1.165, 1.54) is 23.7 Å². The van der Waals surface area contributed by atoms with Crippen LogP contribution in [-0.2, 0) is 11.3 Å². The third-order valence-corrected chi connectivity index (χ3v) is 5.79. The minimum absolute atomic E-state index is 0.0273. The zero-order valence-electron chi connectivity index (χ0n) is 17.0. The molecular weight excluding hydrogens is 370 g/mol. The predicted molar refractivity (Wildman–Crippen MR) is 110 cm³/mol. The number of piperazine rings is 1. The number of aryl methyl sites for hydroxylation is 1. The van der Waals surface area contributed by atoms with Crippen LogP contribution in [0.2, 0.25) is 0 Å². The molecule has 29 heavy (non-hydrogen) atoms. The Morgan fingerprint density at radius 1 is 1.00 bits per heavy atom. The van der Waals surface area contributed by atoms with E-state index in [0.717, 1.165) is 24.9 Å². The zero-order chi connectivity index (χ0) is 20.4. The highest BCUT2D eigenvalue weighted by molar-refractivity contribution is 5.76. The summed E-state index contributed by atoms with van der Waals surface area (Å²) in [4.78, 5) is 44.5. The van der Waals surface area contributed by atoms with Gasteiger partial charge in [0.05, 0.1) is 6.33 Å². The number of carbonyl (C=O) groups excluding carboxylic acids is 1. The van der Waals surface area contributed by atoms with Gasteiger partial charge in [-0.2, -0.15) is 4.98 Å². The molecular formula is C20H27N7O2. The molecule has 2 aromatic rings. The van der Waals surface area contributed by atoms with Crippen molar-refractivity contribution in [3.05, 3.63) is 40.2 Å². The summed E-state index contributed by atoms with van der Waals surface area (Å²) < 4.78 is 1.39. The highest BCUT2D eigenvalue weighted by Gasteiger charge is 2.23. The van der Waals surface area contributed by atoms with Gasteiger partial charge in [0.15, 0.2) is 0 Å². The van der Waals surface area contributed by atoms with Gasteiger partial charge in [-0.25, -0.2) is 9.97 Å². The van der Waals surface area contributed by atoms with E-state index >= 15 is 0 Å². The first-order valence-electron chi connectivity index (χ1n) is 10.2. The van der Waals surface area contributed by atoms with Gasteiger partial charge in [-0.05, 0) is 32.8 Å². The molecule has 0 radical (unpaired) electrons. The number of rotatable bonds is 4. The Kier molecular flexibility index (Phi) is 5.46. The molecule has 2 fully saturated rings. The van der Waals surface area contributed by atoms with E-state index < -0.39 is 0 Å². The van der Waals surface area contributed by atoms with Crippen molar-refractivity contribution in [3.8, 4) is 0 Å². The first-order chi connectivity index (χ1) is 14.0. The Hall–Kier alpha value is -2.97. The van der Waals surface area contributed by atoms with Crippen LogP contribution >= 0.6 is 0 Å². The second-order valence-electron chi connectivity index (χ2n) is 7.66. The van der Waals surface area contributed by atoms with E-state index in [1.807, 2.05) is 12.3 Å². The van der Waals surface area contributed by atoms with E-state index in [1.54, 1.807) is 18.7 Å². The quantitative estimate of drug-likeness (QED) is 0.747. The van der Waals surface area contributed by atoms with E-state index in [0.29, 0.717) is 37.4 Å². The molecule has 0 bridgehead atoms. The van der Waals surface area contributed by atoms with Gasteiger partial charge < -0.3 is 14.7 Å². The molecule has 154 valence electrons. The fraction of sp³-hybridized carbons (Fsp3) is 0.550. The Morgan fingerprint density at radius 3 is 2.45 bits per heavy atom. The molecule has 2 aliphatic heterocycles. The van der Waals surface area contributed by atoms with Crippen LogP contribution in [0.25, 0.3) is 0 Å². The maximum absolute atomic E-state index is 12.7. The normalized spacial score (nSPS) is 17.1. The molecule has 4 heterocycles. The number of carbonyl (C=O) groups is 1. The van der Waals surface area contributed by atoms with Crippen molar-refractivity contribution in [2.45, 2.75) is 33.2 Å². The van der Waals surface area contributed by atoms with Crippen LogP contribution in [-0.4, -0.2) is 69.6 Å². The second kappa shape index (κ2) is 8.18. The Balaban J connectivity index is 1.37. The minimum atomic E-state index is -0.153. The van der Waals surface area contributed by atoms with Crippen molar-refractivity contribution in [1.82, 2.24) is 24.4 Å². The van der Waals surface area contributed by atoms with E-state index in [-0.39, 0.29) is 18.0 Å². The molecule has 9 heteroatoms. The molecule has 0 unspecified atom stereocenters. The first-order valence-corrected chi connectivity index (χ1v) is 10.2. The van der Waals surface area contributed by atoms with Crippen molar-refractivity contribution in [1.29, 1.82) is 0 Å². The fourth-order valence-electron chi connectivity index (χ4n) is 3.80. The monoisotopic (exact) mass is 397 g/mol. The second-order valence-corrected chi connectivity index (χ2v) is 7.66. The van der Waals surface area contributed by atoms with Gasteiger partial charge in [0.1, 0.15) is 12.4 Å². The van der Waals surface area contributed by atoms with Gasteiger partial charge in [0, 0.05) is 56.7 Å². The van der Waals surface area contributed by atoms with Crippen LogP contribution in [0.5, 0.6) is 0 Å². The van der Waals surface area contributed by atoms with Crippen molar-refractivity contribution in [3.63, 3.8) is 0 Å². The van der Waals surface area contributed by atoms with Crippen molar-refractivity contribution in [2.75, 3.05) is 49.1 Å². The largest absolute Gasteiger partial charge is 0.353 e. The topological polar surface area (TPSA) is 87.5 Å². The molecule has 0 aliphatic carbocycles. The van der Waals surface area contributed by atoms with Gasteiger partial charge in [-0.15, -0.1) is 0 Å². The van der Waals surface area contributed by atoms with E-state index in [4.69, 9.17) is 4.98 Å². The van der Waals surface area contributed by atoms with Gasteiger partial charge in [-0.3, -0.25) is 14.2 Å². The van der Waals surface area contributed by atoms with Gasteiger partial charge in [0.25, 0.3) is 5.56 Å². The molecule has 0 spiro atoms. The Labute approximate surface area is 170 Å². The molecule has 2 aliphatic rings. The first kappa shape index (κ1) is 19.4. The molecule has 2 aromatic heterocycles. The maximum atomic E-state index is 12.7. The number of amides is 1. The number of aromatic nitrogens is 4. The van der Waals surface area contributed by atoms with Crippen LogP contribution < -0.4 is 15.4 Å². The molecule has 0 atom stereocenters. The summed E-state index contributed by atoms with van der Waals surface area (Å²) in [6, 6.07) is 1.93. The van der Waals surface area contributed by atoms with Crippen LogP contribution in [0, 0.1) is 13.8 Å². The summed E-state index contributed by atoms with van der Waals surface area (Å²) in [6.45, 7) is 8.22.